The smallest absolute Gasteiger partial charge is 0.389 e. The van der Waals surface area contributed by atoms with Crippen LogP contribution < -0.4 is 21.6 Å². The standard InChI is InChI=1S/C29H37N2O7PSSi/c1-21-19-31(28(33)30-27(21)32)26-18-24(38-39(34)35-16-11-17-40-39)25(37-26)20-36-41(29(2,3)4,22-12-7-5-8-13-22)23-14-9-6-10-15-23/h5-10,12-15,19,24-26H,11,16-18,20H2,1-4H3,(H,30,32,33)/t24-,25+,26+,39?/m0/s1. The highest BCUT2D eigenvalue weighted by atomic mass is 32.7. The molecule has 2 saturated heterocycles. The van der Waals surface area contributed by atoms with Crippen LogP contribution in [-0.4, -0.2) is 49.0 Å². The van der Waals surface area contributed by atoms with Crippen molar-refractivity contribution in [2.24, 2.45) is 0 Å². The van der Waals surface area contributed by atoms with Crippen LogP contribution in [0.25, 0.3) is 0 Å². The van der Waals surface area contributed by atoms with Crippen molar-refractivity contribution in [2.75, 3.05) is 19.0 Å². The molecule has 9 nitrogen and oxygen atoms in total. The van der Waals surface area contributed by atoms with E-state index in [0.717, 1.165) is 16.8 Å². The van der Waals surface area contributed by atoms with E-state index >= 15 is 0 Å². The summed E-state index contributed by atoms with van der Waals surface area (Å²) in [6, 6.07) is 20.5. The van der Waals surface area contributed by atoms with E-state index < -0.39 is 44.8 Å². The molecule has 41 heavy (non-hydrogen) atoms. The highest BCUT2D eigenvalue weighted by molar-refractivity contribution is 8.55. The molecule has 0 aliphatic carbocycles. The average molecular weight is 617 g/mol. The van der Waals surface area contributed by atoms with Crippen molar-refractivity contribution in [1.29, 1.82) is 0 Å². The molecule has 1 aromatic heterocycles. The molecule has 0 spiro atoms. The van der Waals surface area contributed by atoms with Gasteiger partial charge in [-0.15, -0.1) is 0 Å². The van der Waals surface area contributed by atoms with Crippen molar-refractivity contribution < 1.29 is 22.8 Å². The number of rotatable bonds is 8. The number of aryl methyl sites for hydroxylation is 1. The van der Waals surface area contributed by atoms with Gasteiger partial charge in [0.15, 0.2) is 0 Å². The fourth-order valence-corrected chi connectivity index (χ4v) is 13.7. The SMILES string of the molecule is Cc1cn([C@H]2C[C@H](OP3(=O)OCCCS3)[C@@H](CO[Si](c3ccccc3)(c3ccccc3)C(C)(C)C)O2)c(=O)[nH]c1=O. The monoisotopic (exact) mass is 616 g/mol. The van der Waals surface area contributed by atoms with Crippen LogP contribution in [0.2, 0.25) is 5.04 Å². The number of hydrogen-bond donors (Lipinski definition) is 1. The Balaban J connectivity index is 1.51. The van der Waals surface area contributed by atoms with Crippen LogP contribution in [0.4, 0.5) is 0 Å². The molecule has 2 aromatic carbocycles. The molecule has 2 fully saturated rings. The van der Waals surface area contributed by atoms with Gasteiger partial charge in [0.2, 0.25) is 0 Å². The summed E-state index contributed by atoms with van der Waals surface area (Å²) in [6.07, 6.45) is 0.494. The van der Waals surface area contributed by atoms with Crippen molar-refractivity contribution in [1.82, 2.24) is 9.55 Å². The highest BCUT2D eigenvalue weighted by Crippen LogP contribution is 2.64. The average Bonchev–Trinajstić information content (AvgIpc) is 3.33. The number of hydrogen-bond acceptors (Lipinski definition) is 8. The second-order valence-electron chi connectivity index (χ2n) is 11.4. The summed E-state index contributed by atoms with van der Waals surface area (Å²) >= 11 is 1.19. The Kier molecular flexibility index (Phi) is 8.97. The molecule has 2 aliphatic rings. The lowest BCUT2D eigenvalue weighted by atomic mass is 10.2. The Labute approximate surface area is 245 Å². The van der Waals surface area contributed by atoms with E-state index in [4.69, 9.17) is 18.2 Å². The Morgan fingerprint density at radius 3 is 2.27 bits per heavy atom. The fourth-order valence-electron chi connectivity index (χ4n) is 5.58. The number of H-pyrrole nitrogens is 1. The fraction of sp³-hybridized carbons (Fsp3) is 0.448. The van der Waals surface area contributed by atoms with Gasteiger partial charge in [0.05, 0.1) is 13.2 Å². The Hall–Kier alpha value is -2.24. The highest BCUT2D eigenvalue weighted by Gasteiger charge is 2.52. The maximum Gasteiger partial charge on any atom is 0.389 e. The third-order valence-corrected chi connectivity index (χ3v) is 16.5. The van der Waals surface area contributed by atoms with Gasteiger partial charge < -0.3 is 13.7 Å². The lowest BCUT2D eigenvalue weighted by molar-refractivity contribution is -0.0400. The second kappa shape index (κ2) is 12.2. The molecule has 1 unspecified atom stereocenters. The van der Waals surface area contributed by atoms with Crippen molar-refractivity contribution in [3.63, 3.8) is 0 Å². The minimum absolute atomic E-state index is 0.149. The van der Waals surface area contributed by atoms with Gasteiger partial charge in [-0.2, -0.15) is 0 Å². The van der Waals surface area contributed by atoms with E-state index in [0.29, 0.717) is 17.9 Å². The summed E-state index contributed by atoms with van der Waals surface area (Å²) in [4.78, 5) is 27.1. The maximum absolute atomic E-state index is 13.5. The molecule has 0 bridgehead atoms. The van der Waals surface area contributed by atoms with Crippen LogP contribution in [0, 0.1) is 6.92 Å². The van der Waals surface area contributed by atoms with Crippen molar-refractivity contribution in [3.8, 4) is 0 Å². The molecule has 220 valence electrons. The number of nitrogens with one attached hydrogen (secondary N) is 1. The van der Waals surface area contributed by atoms with Gasteiger partial charge in [-0.05, 0) is 40.1 Å². The molecule has 2 aliphatic heterocycles. The Morgan fingerprint density at radius 2 is 1.71 bits per heavy atom. The minimum Gasteiger partial charge on any atom is -0.405 e. The summed E-state index contributed by atoms with van der Waals surface area (Å²) in [7, 11) is -2.90. The van der Waals surface area contributed by atoms with Crippen LogP contribution >= 0.6 is 18.2 Å². The first-order valence-electron chi connectivity index (χ1n) is 13.8. The zero-order chi connectivity index (χ0) is 29.3. The van der Waals surface area contributed by atoms with Crippen LogP contribution in [0.3, 0.4) is 0 Å². The zero-order valence-corrected chi connectivity index (χ0v) is 26.5. The summed E-state index contributed by atoms with van der Waals surface area (Å²) in [5.41, 5.74) is -0.635. The van der Waals surface area contributed by atoms with Crippen LogP contribution in [0.5, 0.6) is 0 Å². The topological polar surface area (TPSA) is 109 Å². The van der Waals surface area contributed by atoms with Gasteiger partial charge >= 0.3 is 12.5 Å². The van der Waals surface area contributed by atoms with Crippen molar-refractivity contribution in [3.05, 3.63) is 93.3 Å². The third-order valence-electron chi connectivity index (χ3n) is 7.57. The Bertz CT molecular complexity index is 1460. The first kappa shape index (κ1) is 30.2. The molecule has 0 amide bonds. The van der Waals surface area contributed by atoms with Gasteiger partial charge in [0, 0.05) is 23.9 Å². The summed E-state index contributed by atoms with van der Waals surface area (Å²) in [5.74, 6) is 0.677. The van der Waals surface area contributed by atoms with E-state index in [1.807, 2.05) is 36.4 Å². The quantitative estimate of drug-likeness (QED) is 0.294. The molecular weight excluding hydrogens is 579 g/mol. The predicted molar refractivity (Wildman–Crippen MR) is 164 cm³/mol. The van der Waals surface area contributed by atoms with E-state index in [9.17, 15) is 14.2 Å². The largest absolute Gasteiger partial charge is 0.405 e. The molecule has 4 atom stereocenters. The van der Waals surface area contributed by atoms with Crippen LogP contribution in [0.15, 0.2) is 76.4 Å². The molecule has 1 N–H and O–H groups in total. The maximum atomic E-state index is 13.5. The zero-order valence-electron chi connectivity index (χ0n) is 23.8. The normalized spacial score (nSPS) is 25.3. The summed E-state index contributed by atoms with van der Waals surface area (Å²) < 4.78 is 40.2. The number of nitrogens with zero attached hydrogens (tertiary/aromatic N) is 1. The van der Waals surface area contributed by atoms with Gasteiger partial charge in [0.1, 0.15) is 18.4 Å². The minimum atomic E-state index is -3.41. The third kappa shape index (κ3) is 6.27. The number of aromatic nitrogens is 2. The molecule has 3 heterocycles. The molecule has 12 heteroatoms. The number of benzene rings is 2. The lowest BCUT2D eigenvalue weighted by Crippen LogP contribution is -2.67. The number of ether oxygens (including phenoxy) is 1. The number of aromatic amines is 1. The van der Waals surface area contributed by atoms with Crippen molar-refractivity contribution in [2.45, 2.75) is 64.0 Å². The summed E-state index contributed by atoms with van der Waals surface area (Å²) in [6.45, 7) is 5.31. The van der Waals surface area contributed by atoms with Crippen LogP contribution in [0.1, 0.15) is 45.4 Å². The van der Waals surface area contributed by atoms with Crippen LogP contribution in [-0.2, 0) is 22.8 Å². The molecule has 0 radical (unpaired) electrons. The second-order valence-corrected chi connectivity index (χ2v) is 19.9. The lowest BCUT2D eigenvalue weighted by Gasteiger charge is -2.43. The Morgan fingerprint density at radius 1 is 1.07 bits per heavy atom. The van der Waals surface area contributed by atoms with E-state index in [1.54, 1.807) is 6.92 Å². The molecular formula is C29H37N2O7PSSi. The molecule has 0 saturated carbocycles. The van der Waals surface area contributed by atoms with E-state index in [2.05, 4.69) is 50.0 Å². The van der Waals surface area contributed by atoms with E-state index in [-0.39, 0.29) is 18.1 Å². The predicted octanol–water partition coefficient (Wildman–Crippen LogP) is 4.36. The van der Waals surface area contributed by atoms with Gasteiger partial charge in [-0.25, -0.2) is 9.36 Å². The van der Waals surface area contributed by atoms with E-state index in [1.165, 1.54) is 22.1 Å². The molecule has 3 aromatic rings. The van der Waals surface area contributed by atoms with Crippen molar-refractivity contribution >= 4 is 36.9 Å². The molecule has 5 rings (SSSR count). The van der Waals surface area contributed by atoms with Gasteiger partial charge in [0.25, 0.3) is 13.9 Å². The first-order chi connectivity index (χ1) is 19.5. The van der Waals surface area contributed by atoms with Gasteiger partial charge in [-0.1, -0.05) is 81.4 Å². The van der Waals surface area contributed by atoms with Gasteiger partial charge in [-0.3, -0.25) is 18.9 Å². The summed E-state index contributed by atoms with van der Waals surface area (Å²) in [5, 5.41) is 1.99. The first-order valence-corrected chi connectivity index (χ1v) is 18.9.